The smallest absolute Gasteiger partial charge is 0.263 e. The Morgan fingerprint density at radius 3 is 2.50 bits per heavy atom. The van der Waals surface area contributed by atoms with Gasteiger partial charge in [-0.15, -0.1) is 0 Å². The number of anilines is 2. The molecule has 0 unspecified atom stereocenters. The molecular formula is C13H12BrClN2O2S. The van der Waals surface area contributed by atoms with Crippen molar-refractivity contribution in [3.8, 4) is 0 Å². The molecule has 20 heavy (non-hydrogen) atoms. The number of nitrogens with two attached hydrogens (primary N) is 1. The number of nitrogens with one attached hydrogen (secondary N) is 1. The van der Waals surface area contributed by atoms with Crippen LogP contribution in [-0.4, -0.2) is 8.42 Å². The number of hydrogen-bond acceptors (Lipinski definition) is 3. The predicted octanol–water partition coefficient (Wildman–Crippen LogP) is 3.79. The van der Waals surface area contributed by atoms with Gasteiger partial charge in [0, 0.05) is 15.2 Å². The monoisotopic (exact) mass is 374 g/mol. The molecule has 3 N–H and O–H groups in total. The lowest BCUT2D eigenvalue weighted by Crippen LogP contribution is -2.14. The molecule has 0 heterocycles. The van der Waals surface area contributed by atoms with Gasteiger partial charge in [0.05, 0.1) is 5.69 Å². The normalized spacial score (nSPS) is 11.3. The van der Waals surface area contributed by atoms with Crippen LogP contribution in [0.1, 0.15) is 5.56 Å². The van der Waals surface area contributed by atoms with E-state index in [1.54, 1.807) is 18.2 Å². The number of rotatable bonds is 3. The molecule has 0 saturated heterocycles. The number of benzene rings is 2. The molecule has 0 radical (unpaired) electrons. The van der Waals surface area contributed by atoms with Crippen LogP contribution in [-0.2, 0) is 10.0 Å². The summed E-state index contributed by atoms with van der Waals surface area (Å²) in [6, 6.07) is 9.45. The van der Waals surface area contributed by atoms with Gasteiger partial charge in [-0.25, -0.2) is 8.42 Å². The molecule has 7 heteroatoms. The van der Waals surface area contributed by atoms with Crippen molar-refractivity contribution in [2.75, 3.05) is 10.5 Å². The van der Waals surface area contributed by atoms with Gasteiger partial charge < -0.3 is 5.73 Å². The summed E-state index contributed by atoms with van der Waals surface area (Å²) in [7, 11) is -3.74. The molecule has 0 aliphatic heterocycles. The van der Waals surface area contributed by atoms with E-state index in [1.807, 2.05) is 6.92 Å². The summed E-state index contributed by atoms with van der Waals surface area (Å²) < 4.78 is 28.0. The summed E-state index contributed by atoms with van der Waals surface area (Å²) in [6.45, 7) is 1.87. The van der Waals surface area contributed by atoms with Crippen molar-refractivity contribution in [2.24, 2.45) is 0 Å². The largest absolute Gasteiger partial charge is 0.398 e. The number of halogens is 2. The van der Waals surface area contributed by atoms with Crippen molar-refractivity contribution >= 4 is 48.9 Å². The first kappa shape index (κ1) is 15.2. The van der Waals surface area contributed by atoms with Gasteiger partial charge in [0.1, 0.15) is 4.90 Å². The molecule has 0 aliphatic rings. The maximum Gasteiger partial charge on any atom is 0.263 e. The van der Waals surface area contributed by atoms with Crippen LogP contribution in [0.5, 0.6) is 0 Å². The Labute approximate surface area is 131 Å². The molecule has 0 spiro atoms. The minimum absolute atomic E-state index is 0.00229. The summed E-state index contributed by atoms with van der Waals surface area (Å²) in [6.07, 6.45) is 0. The Morgan fingerprint density at radius 2 is 1.90 bits per heavy atom. The molecule has 2 rings (SSSR count). The summed E-state index contributed by atoms with van der Waals surface area (Å²) in [4.78, 5) is 0.00229. The Morgan fingerprint density at radius 1 is 1.20 bits per heavy atom. The molecule has 106 valence electrons. The zero-order valence-electron chi connectivity index (χ0n) is 10.5. The van der Waals surface area contributed by atoms with Crippen molar-refractivity contribution in [3.63, 3.8) is 0 Å². The molecule has 2 aromatic carbocycles. The van der Waals surface area contributed by atoms with Gasteiger partial charge in [-0.3, -0.25) is 4.72 Å². The first-order valence-electron chi connectivity index (χ1n) is 5.63. The molecule has 0 atom stereocenters. The Balaban J connectivity index is 2.38. The van der Waals surface area contributed by atoms with Gasteiger partial charge >= 0.3 is 0 Å². The fourth-order valence-electron chi connectivity index (χ4n) is 1.68. The second-order valence-corrected chi connectivity index (χ2v) is 7.19. The Kier molecular flexibility index (Phi) is 4.27. The highest BCUT2D eigenvalue weighted by molar-refractivity contribution is 9.10. The Hall–Kier alpha value is -1.24. The third-order valence-corrected chi connectivity index (χ3v) is 5.25. The minimum atomic E-state index is -3.74. The van der Waals surface area contributed by atoms with Crippen LogP contribution in [0.2, 0.25) is 5.02 Å². The number of aryl methyl sites for hydroxylation is 1. The molecule has 0 aromatic heterocycles. The molecule has 0 amide bonds. The van der Waals surface area contributed by atoms with E-state index in [2.05, 4.69) is 20.7 Å². The highest BCUT2D eigenvalue weighted by Gasteiger charge is 2.17. The quantitative estimate of drug-likeness (QED) is 0.802. The molecule has 0 saturated carbocycles. The topological polar surface area (TPSA) is 72.2 Å². The van der Waals surface area contributed by atoms with E-state index in [4.69, 9.17) is 17.3 Å². The fourth-order valence-corrected chi connectivity index (χ4v) is 3.27. The van der Waals surface area contributed by atoms with Crippen LogP contribution in [0, 0.1) is 6.92 Å². The summed E-state index contributed by atoms with van der Waals surface area (Å²) in [5.41, 5.74) is 7.21. The first-order chi connectivity index (χ1) is 9.29. The summed E-state index contributed by atoms with van der Waals surface area (Å²) in [5, 5.41) is 0.390. The van der Waals surface area contributed by atoms with Gasteiger partial charge in [-0.05, 0) is 48.9 Å². The third-order valence-electron chi connectivity index (χ3n) is 2.67. The van der Waals surface area contributed by atoms with Crippen LogP contribution in [0.25, 0.3) is 0 Å². The lowest BCUT2D eigenvalue weighted by atomic mass is 10.2. The standard InChI is InChI=1S/C13H12BrClN2O2S/c1-8-6-10(3-4-11(8)14)17-20(18,19)13-5-2-9(15)7-12(13)16/h2-7,17H,16H2,1H3. The lowest BCUT2D eigenvalue weighted by Gasteiger charge is -2.11. The van der Waals surface area contributed by atoms with Gasteiger partial charge in [-0.2, -0.15) is 0 Å². The third kappa shape index (κ3) is 3.26. The first-order valence-corrected chi connectivity index (χ1v) is 8.29. The maximum atomic E-state index is 12.3. The highest BCUT2D eigenvalue weighted by Crippen LogP contribution is 2.26. The van der Waals surface area contributed by atoms with Crippen LogP contribution >= 0.6 is 27.5 Å². The Bertz CT molecular complexity index is 763. The molecule has 0 bridgehead atoms. The molecule has 4 nitrogen and oxygen atoms in total. The number of hydrogen-bond donors (Lipinski definition) is 2. The van der Waals surface area contributed by atoms with E-state index in [0.29, 0.717) is 10.7 Å². The molecule has 0 aliphatic carbocycles. The van der Waals surface area contributed by atoms with E-state index in [0.717, 1.165) is 10.0 Å². The lowest BCUT2D eigenvalue weighted by molar-refractivity contribution is 0.601. The van der Waals surface area contributed by atoms with Crippen molar-refractivity contribution in [3.05, 3.63) is 51.5 Å². The van der Waals surface area contributed by atoms with Crippen LogP contribution < -0.4 is 10.5 Å². The zero-order valence-corrected chi connectivity index (χ0v) is 13.7. The van der Waals surface area contributed by atoms with E-state index >= 15 is 0 Å². The van der Waals surface area contributed by atoms with Gasteiger partial charge in [-0.1, -0.05) is 27.5 Å². The van der Waals surface area contributed by atoms with E-state index < -0.39 is 10.0 Å². The predicted molar refractivity (Wildman–Crippen MR) is 85.6 cm³/mol. The highest BCUT2D eigenvalue weighted by atomic mass is 79.9. The summed E-state index contributed by atoms with van der Waals surface area (Å²) >= 11 is 9.13. The average molecular weight is 376 g/mol. The zero-order chi connectivity index (χ0) is 14.9. The molecule has 0 fully saturated rings. The van der Waals surface area contributed by atoms with Crippen LogP contribution in [0.4, 0.5) is 11.4 Å². The van der Waals surface area contributed by atoms with Crippen molar-refractivity contribution in [2.45, 2.75) is 11.8 Å². The SMILES string of the molecule is Cc1cc(NS(=O)(=O)c2ccc(Cl)cc2N)ccc1Br. The van der Waals surface area contributed by atoms with Crippen molar-refractivity contribution in [1.82, 2.24) is 0 Å². The molecular weight excluding hydrogens is 364 g/mol. The van der Waals surface area contributed by atoms with Crippen molar-refractivity contribution < 1.29 is 8.42 Å². The fraction of sp³-hybridized carbons (Fsp3) is 0.0769. The van der Waals surface area contributed by atoms with E-state index in [1.165, 1.54) is 18.2 Å². The van der Waals surface area contributed by atoms with E-state index in [9.17, 15) is 8.42 Å². The van der Waals surface area contributed by atoms with Crippen LogP contribution in [0.3, 0.4) is 0 Å². The second-order valence-electron chi connectivity index (χ2n) is 4.25. The number of sulfonamides is 1. The minimum Gasteiger partial charge on any atom is -0.398 e. The second kappa shape index (κ2) is 5.63. The molecule has 2 aromatic rings. The van der Waals surface area contributed by atoms with E-state index in [-0.39, 0.29) is 10.6 Å². The van der Waals surface area contributed by atoms with Gasteiger partial charge in [0.25, 0.3) is 10.0 Å². The van der Waals surface area contributed by atoms with Crippen LogP contribution in [0.15, 0.2) is 45.8 Å². The summed E-state index contributed by atoms with van der Waals surface area (Å²) in [5.74, 6) is 0. The average Bonchev–Trinajstić information content (AvgIpc) is 2.33. The number of nitrogen functional groups attached to an aromatic ring is 1. The van der Waals surface area contributed by atoms with Crippen molar-refractivity contribution in [1.29, 1.82) is 0 Å². The van der Waals surface area contributed by atoms with Gasteiger partial charge in [0.2, 0.25) is 0 Å². The maximum absolute atomic E-state index is 12.3. The van der Waals surface area contributed by atoms with Gasteiger partial charge in [0.15, 0.2) is 0 Å².